The minimum Gasteiger partial charge on any atom is -0.493 e. The van der Waals surface area contributed by atoms with Crippen LogP contribution in [0.3, 0.4) is 0 Å². The van der Waals surface area contributed by atoms with Crippen molar-refractivity contribution >= 4 is 40.6 Å². The summed E-state index contributed by atoms with van der Waals surface area (Å²) < 4.78 is 29.6. The van der Waals surface area contributed by atoms with Crippen molar-refractivity contribution in [1.82, 2.24) is 4.90 Å². The molecule has 1 N–H and O–H groups in total. The van der Waals surface area contributed by atoms with Crippen molar-refractivity contribution in [3.05, 3.63) is 58.8 Å². The van der Waals surface area contributed by atoms with Gasteiger partial charge in [0.15, 0.2) is 24.0 Å². The number of hydrogen-bond donors (Lipinski definition) is 1. The summed E-state index contributed by atoms with van der Waals surface area (Å²) in [4.78, 5) is 42.2. The molecule has 2 unspecified atom stereocenters. The zero-order chi connectivity index (χ0) is 30.3. The third kappa shape index (κ3) is 6.87. The molecular weight excluding hydrogens is 576 g/mol. The Hall–Kier alpha value is -3.87. The summed E-state index contributed by atoms with van der Waals surface area (Å²) in [6.07, 6.45) is 4.36. The van der Waals surface area contributed by atoms with Crippen LogP contribution in [0.4, 0.5) is 10.5 Å². The predicted molar refractivity (Wildman–Crippen MR) is 160 cm³/mol. The van der Waals surface area contributed by atoms with E-state index in [-0.39, 0.29) is 54.7 Å². The first kappa shape index (κ1) is 30.6. The van der Waals surface area contributed by atoms with Gasteiger partial charge in [-0.3, -0.25) is 9.59 Å². The molecule has 4 heterocycles. The molecule has 0 radical (unpaired) electrons. The highest BCUT2D eigenvalue weighted by molar-refractivity contribution is 7.08. The largest absolute Gasteiger partial charge is 0.493 e. The molecule has 0 spiro atoms. The number of amides is 2. The zero-order valence-electron chi connectivity index (χ0n) is 24.1. The summed E-state index contributed by atoms with van der Waals surface area (Å²) in [6.45, 7) is 4.56. The molecule has 43 heavy (non-hydrogen) atoms. The minimum atomic E-state index is -0.957. The van der Waals surface area contributed by atoms with Crippen molar-refractivity contribution in [2.24, 2.45) is 0 Å². The Kier molecular flexibility index (Phi) is 10.0. The highest BCUT2D eigenvalue weighted by Gasteiger charge is 2.47. The predicted octanol–water partition coefficient (Wildman–Crippen LogP) is 5.31. The second-order valence-electron chi connectivity index (χ2n) is 10.4. The van der Waals surface area contributed by atoms with Crippen LogP contribution >= 0.6 is 11.3 Å². The van der Waals surface area contributed by atoms with Gasteiger partial charge >= 0.3 is 12.1 Å². The van der Waals surface area contributed by atoms with Crippen molar-refractivity contribution in [3.63, 3.8) is 0 Å². The van der Waals surface area contributed by atoms with E-state index in [0.717, 1.165) is 24.0 Å². The van der Waals surface area contributed by atoms with Crippen LogP contribution in [0.2, 0.25) is 0 Å². The van der Waals surface area contributed by atoms with Crippen molar-refractivity contribution in [3.8, 4) is 11.5 Å². The van der Waals surface area contributed by atoms with Gasteiger partial charge in [0.1, 0.15) is 6.61 Å². The third-order valence-corrected chi connectivity index (χ3v) is 8.30. The molecule has 12 heteroatoms. The van der Waals surface area contributed by atoms with Gasteiger partial charge in [-0.1, -0.05) is 18.7 Å². The van der Waals surface area contributed by atoms with E-state index in [1.165, 1.54) is 18.1 Å². The smallest absolute Gasteiger partial charge is 0.416 e. The van der Waals surface area contributed by atoms with Crippen molar-refractivity contribution in [2.75, 3.05) is 38.4 Å². The summed E-state index contributed by atoms with van der Waals surface area (Å²) >= 11 is 1.59. The molecule has 230 valence electrons. The molecule has 0 aliphatic carbocycles. The van der Waals surface area contributed by atoms with E-state index in [4.69, 9.17) is 28.8 Å². The Bertz CT molecular complexity index is 1350. The Morgan fingerprint density at radius 1 is 1.26 bits per heavy atom. The van der Waals surface area contributed by atoms with Gasteiger partial charge in [-0.2, -0.15) is 11.3 Å². The second kappa shape index (κ2) is 14.1. The lowest BCUT2D eigenvalue weighted by molar-refractivity contribution is -0.196. The molecule has 1 aromatic heterocycles. The van der Waals surface area contributed by atoms with Gasteiger partial charge < -0.3 is 33.7 Å². The normalized spacial score (nSPS) is 21.7. The SMILES string of the molecule is C=CCOC(=O)N1c2cc(OCCCC(=O)O)c(OC)cc2C(=O)N2CC=C(c3ccsc3)C[C@H]2C1OC1CCCCO1. The maximum atomic E-state index is 14.3. The van der Waals surface area contributed by atoms with Gasteiger partial charge in [0.05, 0.1) is 31.0 Å². The van der Waals surface area contributed by atoms with Crippen LogP contribution in [-0.2, 0) is 19.0 Å². The zero-order valence-corrected chi connectivity index (χ0v) is 24.9. The molecule has 3 aliphatic heterocycles. The van der Waals surface area contributed by atoms with Crippen LogP contribution in [0, 0.1) is 0 Å². The Morgan fingerprint density at radius 2 is 2.12 bits per heavy atom. The fourth-order valence-electron chi connectivity index (χ4n) is 5.52. The minimum absolute atomic E-state index is 0.0472. The topological polar surface area (TPSA) is 124 Å². The lowest BCUT2D eigenvalue weighted by Gasteiger charge is -2.42. The summed E-state index contributed by atoms with van der Waals surface area (Å²) in [5, 5.41) is 13.1. The first-order chi connectivity index (χ1) is 20.9. The van der Waals surface area contributed by atoms with Crippen LogP contribution < -0.4 is 14.4 Å². The Labute approximate surface area is 254 Å². The number of hydrogen-bond acceptors (Lipinski definition) is 9. The summed E-state index contributed by atoms with van der Waals surface area (Å²) in [7, 11) is 1.45. The number of thiophene rings is 1. The number of methoxy groups -OCH3 is 1. The standard InChI is InChI=1S/C31H36N2O9S/c1-3-12-41-31(37)33-23-18-26(39-14-6-7-27(34)35)25(38-2)17-22(23)29(36)32-11-9-20(21-10-15-43-19-21)16-24(32)30(33)42-28-8-4-5-13-40-28/h3,9-10,15,17-19,24,28,30H,1,4-8,11-14,16H2,2H3,(H,34,35)/t24-,28?,30?/m0/s1. The number of anilines is 1. The quantitative estimate of drug-likeness (QED) is 0.266. The van der Waals surface area contributed by atoms with E-state index < -0.39 is 30.6 Å². The first-order valence-corrected chi connectivity index (χ1v) is 15.3. The number of fused-ring (bicyclic) bond motifs is 2. The van der Waals surface area contributed by atoms with E-state index >= 15 is 0 Å². The average molecular weight is 613 g/mol. The summed E-state index contributed by atoms with van der Waals surface area (Å²) in [5.41, 5.74) is 2.57. The fraction of sp³-hybridized carbons (Fsp3) is 0.452. The van der Waals surface area contributed by atoms with E-state index in [1.807, 2.05) is 17.5 Å². The maximum absolute atomic E-state index is 14.3. The lowest BCUT2D eigenvalue weighted by atomic mass is 9.94. The molecule has 5 rings (SSSR count). The average Bonchev–Trinajstić information content (AvgIpc) is 3.54. The molecule has 3 atom stereocenters. The van der Waals surface area contributed by atoms with Crippen molar-refractivity contribution in [1.29, 1.82) is 0 Å². The molecule has 0 bridgehead atoms. The van der Waals surface area contributed by atoms with E-state index in [0.29, 0.717) is 26.0 Å². The van der Waals surface area contributed by atoms with Gasteiger partial charge in [0.25, 0.3) is 5.91 Å². The van der Waals surface area contributed by atoms with Gasteiger partial charge in [0, 0.05) is 25.6 Å². The number of carbonyl (C=O) groups is 3. The fourth-order valence-corrected chi connectivity index (χ4v) is 6.20. The number of carbonyl (C=O) groups excluding carboxylic acids is 2. The molecule has 2 aromatic rings. The van der Waals surface area contributed by atoms with Crippen LogP contribution in [0.5, 0.6) is 11.5 Å². The number of rotatable bonds is 11. The number of ether oxygens (including phenoxy) is 5. The highest BCUT2D eigenvalue weighted by atomic mass is 32.1. The van der Waals surface area contributed by atoms with Crippen molar-refractivity contribution < 1.29 is 43.2 Å². The van der Waals surface area contributed by atoms with Gasteiger partial charge in [0.2, 0.25) is 0 Å². The number of carboxylic acids is 1. The van der Waals surface area contributed by atoms with Crippen LogP contribution in [0.15, 0.2) is 47.7 Å². The van der Waals surface area contributed by atoms with Crippen LogP contribution in [0.25, 0.3) is 5.57 Å². The molecule has 1 aromatic carbocycles. The molecule has 2 amide bonds. The monoisotopic (exact) mass is 612 g/mol. The summed E-state index contributed by atoms with van der Waals surface area (Å²) in [6, 6.07) is 4.58. The summed E-state index contributed by atoms with van der Waals surface area (Å²) in [5.74, 6) is -0.699. The van der Waals surface area contributed by atoms with Gasteiger partial charge in [-0.05, 0) is 66.1 Å². The number of carboxylic acid groups (broad SMARTS) is 1. The molecule has 1 fully saturated rings. The van der Waals surface area contributed by atoms with Crippen LogP contribution in [0.1, 0.15) is 54.4 Å². The highest BCUT2D eigenvalue weighted by Crippen LogP contribution is 2.43. The molecule has 1 saturated heterocycles. The molecule has 3 aliphatic rings. The van der Waals surface area contributed by atoms with Crippen molar-refractivity contribution in [2.45, 2.75) is 57.1 Å². The number of benzene rings is 1. The first-order valence-electron chi connectivity index (χ1n) is 14.3. The van der Waals surface area contributed by atoms with Gasteiger partial charge in [-0.15, -0.1) is 0 Å². The third-order valence-electron chi connectivity index (χ3n) is 7.62. The molecule has 0 saturated carbocycles. The van der Waals surface area contributed by atoms with Crippen LogP contribution in [-0.4, -0.2) is 80.0 Å². The molecular formula is C31H36N2O9S. The molecule has 11 nitrogen and oxygen atoms in total. The second-order valence-corrected chi connectivity index (χ2v) is 11.2. The lowest BCUT2D eigenvalue weighted by Crippen LogP contribution is -2.57. The van der Waals surface area contributed by atoms with E-state index in [2.05, 4.69) is 12.0 Å². The number of nitrogens with zero attached hydrogens (tertiary/aromatic N) is 2. The van der Waals surface area contributed by atoms with Gasteiger partial charge in [-0.25, -0.2) is 9.69 Å². The maximum Gasteiger partial charge on any atom is 0.416 e. The van der Waals surface area contributed by atoms with E-state index in [9.17, 15) is 14.4 Å². The van der Waals surface area contributed by atoms with E-state index in [1.54, 1.807) is 28.4 Å². The Morgan fingerprint density at radius 3 is 2.81 bits per heavy atom. The number of aliphatic carboxylic acids is 1. The Balaban J connectivity index is 1.61.